The van der Waals surface area contributed by atoms with Crippen molar-refractivity contribution in [2.45, 2.75) is 51.1 Å². The zero-order chi connectivity index (χ0) is 19.0. The maximum Gasteiger partial charge on any atom is 0.257 e. The van der Waals surface area contributed by atoms with Crippen LogP contribution in [0, 0.1) is 6.92 Å². The van der Waals surface area contributed by atoms with Crippen LogP contribution in [0.2, 0.25) is 0 Å². The summed E-state index contributed by atoms with van der Waals surface area (Å²) in [6.45, 7) is 7.62. The van der Waals surface area contributed by atoms with Crippen molar-refractivity contribution in [3.05, 3.63) is 53.3 Å². The summed E-state index contributed by atoms with van der Waals surface area (Å²) in [5, 5.41) is 4.34. The van der Waals surface area contributed by atoms with Crippen LogP contribution in [0.3, 0.4) is 0 Å². The molecule has 0 unspecified atom stereocenters. The number of carbonyl (C=O) groups is 1. The Balaban J connectivity index is 1.44. The Bertz CT molecular complexity index is 805. The van der Waals surface area contributed by atoms with E-state index in [1.807, 2.05) is 16.5 Å². The Morgan fingerprint density at radius 3 is 2.56 bits per heavy atom. The van der Waals surface area contributed by atoms with Crippen molar-refractivity contribution in [2.75, 3.05) is 26.7 Å². The number of amides is 1. The Hall–Kier alpha value is -2.14. The Kier molecular flexibility index (Phi) is 4.81. The number of aryl methyl sites for hydroxylation is 1. The van der Waals surface area contributed by atoms with Crippen LogP contribution in [0.4, 0.5) is 0 Å². The molecule has 1 aromatic heterocycles. The molecule has 2 aliphatic rings. The lowest BCUT2D eigenvalue weighted by molar-refractivity contribution is 0.0491. The molecule has 2 saturated heterocycles. The number of benzene rings is 1. The van der Waals surface area contributed by atoms with Crippen molar-refractivity contribution in [3.8, 4) is 0 Å². The van der Waals surface area contributed by atoms with Crippen molar-refractivity contribution >= 4 is 5.91 Å². The van der Waals surface area contributed by atoms with E-state index >= 15 is 0 Å². The molecule has 0 N–H and O–H groups in total. The van der Waals surface area contributed by atoms with Crippen LogP contribution >= 0.6 is 0 Å². The molecule has 2 fully saturated rings. The average molecular weight is 367 g/mol. The highest BCUT2D eigenvalue weighted by atomic mass is 16.2. The molecule has 2 aliphatic heterocycles. The second-order valence-electron chi connectivity index (χ2n) is 8.17. The van der Waals surface area contributed by atoms with E-state index in [4.69, 9.17) is 0 Å². The van der Waals surface area contributed by atoms with E-state index in [9.17, 15) is 4.79 Å². The topological polar surface area (TPSA) is 41.4 Å². The predicted octanol–water partition coefficient (Wildman–Crippen LogP) is 3.31. The van der Waals surface area contributed by atoms with E-state index in [0.29, 0.717) is 5.92 Å². The molecule has 1 atom stereocenters. The lowest BCUT2D eigenvalue weighted by Gasteiger charge is -2.43. The van der Waals surface area contributed by atoms with Crippen LogP contribution in [0.5, 0.6) is 0 Å². The molecule has 1 aromatic carbocycles. The second kappa shape index (κ2) is 7.12. The molecule has 27 heavy (non-hydrogen) atoms. The number of hydrogen-bond acceptors (Lipinski definition) is 3. The fourth-order valence-electron chi connectivity index (χ4n) is 5.01. The van der Waals surface area contributed by atoms with Crippen LogP contribution < -0.4 is 0 Å². The predicted molar refractivity (Wildman–Crippen MR) is 107 cm³/mol. The molecule has 5 heteroatoms. The van der Waals surface area contributed by atoms with Crippen molar-refractivity contribution < 1.29 is 4.79 Å². The van der Waals surface area contributed by atoms with Crippen molar-refractivity contribution in [2.24, 2.45) is 0 Å². The smallest absolute Gasteiger partial charge is 0.257 e. The number of nitrogens with zero attached hydrogens (tertiary/aromatic N) is 4. The molecule has 144 valence electrons. The molecule has 2 aromatic rings. The standard InChI is InChI=1S/C22H30N4O/c1-4-26-17(2)20(15-23-26)21(27)25-12-10-22(11-13-25)14-19(16-24(22)3)18-8-6-5-7-9-18/h5-9,15,19H,4,10-14,16H2,1-3H3/t19-/m0/s1. The summed E-state index contributed by atoms with van der Waals surface area (Å²) in [6, 6.07) is 10.9. The number of rotatable bonds is 3. The van der Waals surface area contributed by atoms with E-state index in [-0.39, 0.29) is 11.4 Å². The largest absolute Gasteiger partial charge is 0.338 e. The number of piperidine rings is 1. The summed E-state index contributed by atoms with van der Waals surface area (Å²) in [5.41, 5.74) is 3.42. The quantitative estimate of drug-likeness (QED) is 0.837. The van der Waals surface area contributed by atoms with E-state index in [0.717, 1.165) is 50.3 Å². The van der Waals surface area contributed by atoms with Gasteiger partial charge in [0.05, 0.1) is 11.8 Å². The van der Waals surface area contributed by atoms with Gasteiger partial charge in [0, 0.05) is 37.4 Å². The summed E-state index contributed by atoms with van der Waals surface area (Å²) in [7, 11) is 2.26. The fourth-order valence-corrected chi connectivity index (χ4v) is 5.01. The molecule has 5 nitrogen and oxygen atoms in total. The van der Waals surface area contributed by atoms with Gasteiger partial charge in [-0.1, -0.05) is 30.3 Å². The highest BCUT2D eigenvalue weighted by molar-refractivity contribution is 5.95. The third-order valence-electron chi connectivity index (χ3n) is 6.82. The Morgan fingerprint density at radius 2 is 1.93 bits per heavy atom. The molecule has 0 radical (unpaired) electrons. The summed E-state index contributed by atoms with van der Waals surface area (Å²) in [4.78, 5) is 17.6. The first-order chi connectivity index (χ1) is 13.0. The van der Waals surface area contributed by atoms with Crippen LogP contribution in [-0.2, 0) is 6.54 Å². The summed E-state index contributed by atoms with van der Waals surface area (Å²) in [6.07, 6.45) is 5.04. The minimum atomic E-state index is 0.141. The van der Waals surface area contributed by atoms with Gasteiger partial charge in [-0.05, 0) is 51.6 Å². The number of carbonyl (C=O) groups excluding carboxylic acids is 1. The maximum absolute atomic E-state index is 13.0. The third-order valence-corrected chi connectivity index (χ3v) is 6.82. The molecule has 0 bridgehead atoms. The van der Waals surface area contributed by atoms with Crippen LogP contribution in [0.25, 0.3) is 0 Å². The van der Waals surface area contributed by atoms with Gasteiger partial charge in [0.25, 0.3) is 5.91 Å². The van der Waals surface area contributed by atoms with Gasteiger partial charge < -0.3 is 4.90 Å². The molecular weight excluding hydrogens is 336 g/mol. The van der Waals surface area contributed by atoms with E-state index < -0.39 is 0 Å². The zero-order valence-corrected chi connectivity index (χ0v) is 16.7. The molecule has 1 amide bonds. The lowest BCUT2D eigenvalue weighted by Crippen LogP contribution is -2.52. The van der Waals surface area contributed by atoms with Gasteiger partial charge in [0.1, 0.15) is 0 Å². The second-order valence-corrected chi connectivity index (χ2v) is 8.17. The zero-order valence-electron chi connectivity index (χ0n) is 16.7. The molecule has 1 spiro atoms. The SMILES string of the molecule is CCn1ncc(C(=O)N2CCC3(CC2)C[C@H](c2ccccc2)CN3C)c1C. The summed E-state index contributed by atoms with van der Waals surface area (Å²) < 4.78 is 1.90. The van der Waals surface area contributed by atoms with Gasteiger partial charge in [-0.15, -0.1) is 0 Å². The van der Waals surface area contributed by atoms with E-state index in [1.165, 1.54) is 12.0 Å². The first kappa shape index (κ1) is 18.2. The monoisotopic (exact) mass is 366 g/mol. The Morgan fingerprint density at radius 1 is 1.22 bits per heavy atom. The van der Waals surface area contributed by atoms with Crippen molar-refractivity contribution in [3.63, 3.8) is 0 Å². The van der Waals surface area contributed by atoms with Crippen LogP contribution in [0.1, 0.15) is 53.7 Å². The molecular formula is C22H30N4O. The normalized spacial score (nSPS) is 22.5. The molecule has 0 saturated carbocycles. The van der Waals surface area contributed by atoms with Gasteiger partial charge in [0.15, 0.2) is 0 Å². The van der Waals surface area contributed by atoms with Crippen LogP contribution in [-0.4, -0.2) is 57.7 Å². The van der Waals surface area contributed by atoms with Crippen molar-refractivity contribution in [1.29, 1.82) is 0 Å². The van der Waals surface area contributed by atoms with Crippen LogP contribution in [0.15, 0.2) is 36.5 Å². The number of aromatic nitrogens is 2. The Labute approximate surface area is 162 Å². The molecule has 0 aliphatic carbocycles. The minimum Gasteiger partial charge on any atom is -0.338 e. The average Bonchev–Trinajstić information content (AvgIpc) is 3.23. The van der Waals surface area contributed by atoms with Crippen molar-refractivity contribution in [1.82, 2.24) is 19.6 Å². The third kappa shape index (κ3) is 3.18. The summed E-state index contributed by atoms with van der Waals surface area (Å²) in [5.74, 6) is 0.741. The fraction of sp³-hybridized carbons (Fsp3) is 0.545. The van der Waals surface area contributed by atoms with Gasteiger partial charge in [-0.2, -0.15) is 5.10 Å². The maximum atomic E-state index is 13.0. The molecule has 4 rings (SSSR count). The summed E-state index contributed by atoms with van der Waals surface area (Å²) >= 11 is 0. The van der Waals surface area contributed by atoms with Gasteiger partial charge >= 0.3 is 0 Å². The lowest BCUT2D eigenvalue weighted by atomic mass is 9.81. The first-order valence-electron chi connectivity index (χ1n) is 10.1. The molecule has 3 heterocycles. The van der Waals surface area contributed by atoms with E-state index in [2.05, 4.69) is 54.3 Å². The van der Waals surface area contributed by atoms with Gasteiger partial charge in [-0.25, -0.2) is 0 Å². The number of likely N-dealkylation sites (tertiary alicyclic amines) is 2. The minimum absolute atomic E-state index is 0.141. The highest BCUT2D eigenvalue weighted by Gasteiger charge is 2.46. The first-order valence-corrected chi connectivity index (χ1v) is 10.1. The van der Waals surface area contributed by atoms with E-state index in [1.54, 1.807) is 6.20 Å². The highest BCUT2D eigenvalue weighted by Crippen LogP contribution is 2.44. The number of likely N-dealkylation sites (N-methyl/N-ethyl adjacent to an activating group) is 1. The van der Waals surface area contributed by atoms with Gasteiger partial charge in [-0.3, -0.25) is 14.4 Å². The number of hydrogen-bond donors (Lipinski definition) is 0. The van der Waals surface area contributed by atoms with Gasteiger partial charge in [0.2, 0.25) is 0 Å².